The van der Waals surface area contributed by atoms with E-state index in [1.807, 2.05) is 15.5 Å². The number of halogens is 1. The SMILES string of the molecule is C=Cc1nc(N[C@@H]2C[C@@H](F)CN(c3nc4cc([N+](=O)[O-])c(C)cc4n3C)C2)ncc1C#N. The van der Waals surface area contributed by atoms with E-state index in [4.69, 9.17) is 5.26 Å². The Balaban J connectivity index is 1.62. The lowest BCUT2D eigenvalue weighted by molar-refractivity contribution is -0.385. The van der Waals surface area contributed by atoms with E-state index in [9.17, 15) is 14.5 Å². The Morgan fingerprint density at radius 3 is 2.88 bits per heavy atom. The van der Waals surface area contributed by atoms with Gasteiger partial charge in [-0.25, -0.2) is 19.3 Å². The number of aromatic nitrogens is 4. The van der Waals surface area contributed by atoms with Gasteiger partial charge in [0, 0.05) is 37.7 Å². The minimum atomic E-state index is -1.12. The highest BCUT2D eigenvalue weighted by Gasteiger charge is 2.30. The maximum absolute atomic E-state index is 14.6. The molecule has 0 radical (unpaired) electrons. The fraction of sp³-hybridized carbons (Fsp3) is 0.333. The molecule has 0 bridgehead atoms. The molecule has 4 rings (SSSR count). The van der Waals surface area contributed by atoms with Crippen molar-refractivity contribution in [1.29, 1.82) is 5.26 Å². The van der Waals surface area contributed by atoms with Gasteiger partial charge in [-0.15, -0.1) is 0 Å². The Hall–Kier alpha value is -4.07. The van der Waals surface area contributed by atoms with Gasteiger partial charge in [-0.2, -0.15) is 5.26 Å². The smallest absolute Gasteiger partial charge is 0.274 e. The van der Waals surface area contributed by atoms with Crippen LogP contribution in [0.3, 0.4) is 0 Å². The summed E-state index contributed by atoms with van der Waals surface area (Å²) in [6, 6.07) is 4.86. The summed E-state index contributed by atoms with van der Waals surface area (Å²) in [4.78, 5) is 25.6. The summed E-state index contributed by atoms with van der Waals surface area (Å²) in [5, 5.41) is 23.5. The second-order valence-electron chi connectivity index (χ2n) is 7.74. The number of nitro groups is 1. The van der Waals surface area contributed by atoms with Crippen LogP contribution in [-0.4, -0.2) is 49.7 Å². The first-order chi connectivity index (χ1) is 15.3. The molecule has 0 spiro atoms. The molecule has 2 atom stereocenters. The number of fused-ring (bicyclic) bond motifs is 1. The molecular weight excluding hydrogens is 415 g/mol. The van der Waals surface area contributed by atoms with Crippen LogP contribution in [0.2, 0.25) is 0 Å². The number of benzene rings is 1. The molecule has 32 heavy (non-hydrogen) atoms. The van der Waals surface area contributed by atoms with Crippen molar-refractivity contribution in [2.24, 2.45) is 7.05 Å². The zero-order valence-electron chi connectivity index (χ0n) is 17.6. The number of hydrogen-bond donors (Lipinski definition) is 1. The van der Waals surface area contributed by atoms with E-state index in [-0.39, 0.29) is 30.6 Å². The van der Waals surface area contributed by atoms with Gasteiger partial charge in [0.25, 0.3) is 5.69 Å². The minimum absolute atomic E-state index is 0.000284. The molecule has 1 fully saturated rings. The van der Waals surface area contributed by atoms with Crippen molar-refractivity contribution < 1.29 is 9.31 Å². The Labute approximate surface area is 183 Å². The quantitative estimate of drug-likeness (QED) is 0.478. The van der Waals surface area contributed by atoms with E-state index >= 15 is 0 Å². The second-order valence-corrected chi connectivity index (χ2v) is 7.74. The predicted molar refractivity (Wildman–Crippen MR) is 118 cm³/mol. The third-order valence-corrected chi connectivity index (χ3v) is 5.52. The summed E-state index contributed by atoms with van der Waals surface area (Å²) in [7, 11) is 1.81. The Morgan fingerprint density at radius 2 is 2.19 bits per heavy atom. The summed E-state index contributed by atoms with van der Waals surface area (Å²) in [5.74, 6) is 0.816. The van der Waals surface area contributed by atoms with E-state index in [1.165, 1.54) is 18.3 Å². The fourth-order valence-electron chi connectivity index (χ4n) is 3.99. The summed E-state index contributed by atoms with van der Waals surface area (Å²) >= 11 is 0. The van der Waals surface area contributed by atoms with Crippen LogP contribution in [0.4, 0.5) is 22.0 Å². The highest BCUT2D eigenvalue weighted by atomic mass is 19.1. The molecule has 1 aliphatic rings. The molecule has 0 aliphatic carbocycles. The van der Waals surface area contributed by atoms with Crippen LogP contribution in [0.25, 0.3) is 17.1 Å². The van der Waals surface area contributed by atoms with Crippen LogP contribution in [-0.2, 0) is 7.05 Å². The first-order valence-corrected chi connectivity index (χ1v) is 9.97. The van der Waals surface area contributed by atoms with Gasteiger partial charge in [0.15, 0.2) is 0 Å². The van der Waals surface area contributed by atoms with E-state index in [2.05, 4.69) is 26.8 Å². The Morgan fingerprint density at radius 1 is 1.41 bits per heavy atom. The number of rotatable bonds is 5. The predicted octanol–water partition coefficient (Wildman–Crippen LogP) is 3.12. The number of anilines is 2. The average Bonchev–Trinajstić information content (AvgIpc) is 3.08. The van der Waals surface area contributed by atoms with E-state index < -0.39 is 11.1 Å². The first kappa shape index (κ1) is 21.2. The van der Waals surface area contributed by atoms with E-state index in [0.29, 0.717) is 34.8 Å². The zero-order chi connectivity index (χ0) is 23.0. The zero-order valence-corrected chi connectivity index (χ0v) is 17.6. The van der Waals surface area contributed by atoms with E-state index in [0.717, 1.165) is 5.52 Å². The number of nitro benzene ring substituents is 1. The Bertz CT molecular complexity index is 1260. The standard InChI is InChI=1S/C21H21FN8O2/c1-4-16-13(8-23)9-24-20(26-16)25-15-6-14(22)10-29(11-15)21-27-17-7-18(30(31)32)12(2)5-19(17)28(21)3/h4-5,7,9,14-15H,1,6,10-11H2,2-3H3,(H,24,25,26)/t14-,15-/m1/s1. The number of nitriles is 1. The molecule has 3 aromatic rings. The lowest BCUT2D eigenvalue weighted by atomic mass is 10.0. The van der Waals surface area contributed by atoms with Gasteiger partial charge in [-0.1, -0.05) is 6.58 Å². The largest absolute Gasteiger partial charge is 0.350 e. The molecule has 11 heteroatoms. The van der Waals surface area contributed by atoms with Gasteiger partial charge < -0.3 is 14.8 Å². The molecule has 0 unspecified atom stereocenters. The van der Waals surface area contributed by atoms with Crippen LogP contribution >= 0.6 is 0 Å². The number of piperidine rings is 1. The highest BCUT2D eigenvalue weighted by molar-refractivity contribution is 5.82. The number of nitrogens with one attached hydrogen (secondary N) is 1. The summed E-state index contributed by atoms with van der Waals surface area (Å²) in [6.45, 7) is 5.92. The van der Waals surface area contributed by atoms with Crippen molar-refractivity contribution in [3.63, 3.8) is 0 Å². The van der Waals surface area contributed by atoms with Crippen molar-refractivity contribution in [3.8, 4) is 6.07 Å². The molecule has 2 aromatic heterocycles. The number of aryl methyl sites for hydroxylation is 2. The summed E-state index contributed by atoms with van der Waals surface area (Å²) in [5.41, 5.74) is 2.47. The van der Waals surface area contributed by atoms with Crippen LogP contribution in [0, 0.1) is 28.4 Å². The molecule has 3 heterocycles. The highest BCUT2D eigenvalue weighted by Crippen LogP contribution is 2.30. The maximum Gasteiger partial charge on any atom is 0.274 e. The number of nitrogens with zero attached hydrogens (tertiary/aromatic N) is 7. The molecule has 164 valence electrons. The van der Waals surface area contributed by atoms with Crippen molar-refractivity contribution in [2.45, 2.75) is 25.6 Å². The monoisotopic (exact) mass is 436 g/mol. The Kier molecular flexibility index (Phi) is 5.44. The normalized spacial score (nSPS) is 18.4. The molecule has 1 saturated heterocycles. The lowest BCUT2D eigenvalue weighted by Gasteiger charge is -2.35. The van der Waals surface area contributed by atoms with Crippen LogP contribution < -0.4 is 10.2 Å². The van der Waals surface area contributed by atoms with Crippen LogP contribution in [0.5, 0.6) is 0 Å². The molecule has 1 aromatic carbocycles. The number of alkyl halides is 1. The molecule has 1 aliphatic heterocycles. The molecule has 0 saturated carbocycles. The topological polar surface area (TPSA) is 126 Å². The average molecular weight is 436 g/mol. The maximum atomic E-state index is 14.6. The molecule has 1 N–H and O–H groups in total. The van der Waals surface area contributed by atoms with Crippen molar-refractivity contribution in [1.82, 2.24) is 19.5 Å². The first-order valence-electron chi connectivity index (χ1n) is 9.97. The third-order valence-electron chi connectivity index (χ3n) is 5.52. The van der Waals surface area contributed by atoms with E-state index in [1.54, 1.807) is 20.0 Å². The number of imidazole rings is 1. The molecule has 10 nitrogen and oxygen atoms in total. The van der Waals surface area contributed by atoms with Gasteiger partial charge >= 0.3 is 0 Å². The van der Waals surface area contributed by atoms with Gasteiger partial charge in [0.1, 0.15) is 12.2 Å². The third kappa shape index (κ3) is 3.82. The fourth-order valence-corrected chi connectivity index (χ4v) is 3.99. The van der Waals surface area contributed by atoms with Crippen molar-refractivity contribution in [3.05, 3.63) is 51.8 Å². The van der Waals surface area contributed by atoms with Gasteiger partial charge in [-0.3, -0.25) is 10.1 Å². The van der Waals surface area contributed by atoms with Gasteiger partial charge in [-0.05, 0) is 19.1 Å². The molecular formula is C21H21FN8O2. The molecule has 0 amide bonds. The summed E-state index contributed by atoms with van der Waals surface area (Å²) in [6.07, 6.45) is 2.02. The minimum Gasteiger partial charge on any atom is -0.350 e. The van der Waals surface area contributed by atoms with Crippen molar-refractivity contribution >= 4 is 34.7 Å². The lowest BCUT2D eigenvalue weighted by Crippen LogP contribution is -2.48. The van der Waals surface area contributed by atoms with Crippen molar-refractivity contribution in [2.75, 3.05) is 23.3 Å². The van der Waals surface area contributed by atoms with Gasteiger partial charge in [0.05, 0.1) is 40.0 Å². The summed E-state index contributed by atoms with van der Waals surface area (Å²) < 4.78 is 16.5. The second kappa shape index (κ2) is 8.22. The number of hydrogen-bond acceptors (Lipinski definition) is 8. The van der Waals surface area contributed by atoms with Gasteiger partial charge in [0.2, 0.25) is 11.9 Å². The van der Waals surface area contributed by atoms with Crippen LogP contribution in [0.1, 0.15) is 23.2 Å². The van der Waals surface area contributed by atoms with Crippen LogP contribution in [0.15, 0.2) is 24.9 Å².